The Morgan fingerprint density at radius 3 is 2.49 bits per heavy atom. The summed E-state index contributed by atoms with van der Waals surface area (Å²) < 4.78 is 0. The third kappa shape index (κ3) is 4.91. The van der Waals surface area contributed by atoms with Crippen molar-refractivity contribution in [2.75, 3.05) is 0 Å². The van der Waals surface area contributed by atoms with Crippen molar-refractivity contribution in [2.45, 2.75) is 78.1 Å². The number of rotatable bonds is 9. The molecule has 0 spiro atoms. The van der Waals surface area contributed by atoms with Gasteiger partial charge in [-0.1, -0.05) is 118 Å². The summed E-state index contributed by atoms with van der Waals surface area (Å²) in [5, 5.41) is 0. The van der Waals surface area contributed by atoms with Crippen LogP contribution in [0.5, 0.6) is 0 Å². The van der Waals surface area contributed by atoms with Gasteiger partial charge >= 0.3 is 0 Å². The van der Waals surface area contributed by atoms with Crippen molar-refractivity contribution < 1.29 is 0 Å². The molecular formula is C39H44. The van der Waals surface area contributed by atoms with Crippen LogP contribution in [0.25, 0.3) is 5.57 Å². The molecule has 39 heavy (non-hydrogen) atoms. The van der Waals surface area contributed by atoms with E-state index in [1.54, 1.807) is 0 Å². The predicted octanol–water partition coefficient (Wildman–Crippen LogP) is 10.8. The first-order valence-corrected chi connectivity index (χ1v) is 14.9. The molecule has 0 amide bonds. The van der Waals surface area contributed by atoms with Gasteiger partial charge in [0, 0.05) is 17.8 Å². The summed E-state index contributed by atoms with van der Waals surface area (Å²) in [4.78, 5) is 0. The van der Waals surface area contributed by atoms with E-state index in [1.807, 2.05) is 6.08 Å². The van der Waals surface area contributed by atoms with Gasteiger partial charge in [-0.2, -0.15) is 0 Å². The minimum absolute atomic E-state index is 0.275. The Morgan fingerprint density at radius 2 is 1.77 bits per heavy atom. The van der Waals surface area contributed by atoms with Gasteiger partial charge in [-0.3, -0.25) is 0 Å². The standard InChI is InChI=1S/C39H44/c1-8-14-25(5)37-26(6)20-34-24-32(23-33-22-30(15-9-2)35-16-12-13-17-36(33)35)27(7)38(34)39(37)31-19-18-28(10-3)29(11-4)21-31/h9,12-13,16-23,30,38-39H,2,5,7-8,10-11,14-15,24H2,1,3-4,6H3. The highest BCUT2D eigenvalue weighted by molar-refractivity contribution is 5.83. The van der Waals surface area contributed by atoms with E-state index >= 15 is 0 Å². The molecular weight excluding hydrogens is 468 g/mol. The molecule has 1 fully saturated rings. The summed E-state index contributed by atoms with van der Waals surface area (Å²) in [6.45, 7) is 22.5. The summed E-state index contributed by atoms with van der Waals surface area (Å²) in [5.74, 6) is 0.978. The average Bonchev–Trinajstić information content (AvgIpc) is 3.44. The maximum Gasteiger partial charge on any atom is 0.0201 e. The molecule has 3 atom stereocenters. The molecule has 5 rings (SSSR count). The fourth-order valence-corrected chi connectivity index (χ4v) is 7.31. The van der Waals surface area contributed by atoms with E-state index in [9.17, 15) is 0 Å². The van der Waals surface area contributed by atoms with Gasteiger partial charge in [0.2, 0.25) is 0 Å². The van der Waals surface area contributed by atoms with Crippen molar-refractivity contribution in [3.63, 3.8) is 0 Å². The third-order valence-electron chi connectivity index (χ3n) is 9.14. The lowest BCUT2D eigenvalue weighted by Crippen LogP contribution is -2.21. The van der Waals surface area contributed by atoms with Crippen LogP contribution in [0.1, 0.15) is 93.0 Å². The van der Waals surface area contributed by atoms with E-state index in [-0.39, 0.29) is 5.92 Å². The van der Waals surface area contributed by atoms with Crippen molar-refractivity contribution in [3.05, 3.63) is 148 Å². The second-order valence-electron chi connectivity index (χ2n) is 11.6. The Kier molecular flexibility index (Phi) is 7.94. The van der Waals surface area contributed by atoms with Crippen LogP contribution in [0.4, 0.5) is 0 Å². The summed E-state index contributed by atoms with van der Waals surface area (Å²) in [6.07, 6.45) is 15.6. The Hall–Kier alpha value is -3.38. The van der Waals surface area contributed by atoms with E-state index in [2.05, 4.69) is 102 Å². The first kappa shape index (κ1) is 27.2. The normalized spacial score (nSPS) is 23.0. The Morgan fingerprint density at radius 1 is 1.00 bits per heavy atom. The quantitative estimate of drug-likeness (QED) is 0.293. The van der Waals surface area contributed by atoms with Gasteiger partial charge in [0.05, 0.1) is 0 Å². The second-order valence-corrected chi connectivity index (χ2v) is 11.6. The van der Waals surface area contributed by atoms with Crippen LogP contribution in [-0.2, 0) is 12.8 Å². The first-order chi connectivity index (χ1) is 18.9. The number of hydrogen-bond donors (Lipinski definition) is 0. The molecule has 3 aliphatic carbocycles. The lowest BCUT2D eigenvalue weighted by molar-refractivity contribution is 0.618. The molecule has 0 heterocycles. The molecule has 0 nitrogen and oxygen atoms in total. The molecule has 0 radical (unpaired) electrons. The number of benzene rings is 2. The topological polar surface area (TPSA) is 0 Å². The Bertz CT molecular complexity index is 1450. The van der Waals surface area contributed by atoms with Gasteiger partial charge in [-0.25, -0.2) is 0 Å². The first-order valence-electron chi connectivity index (χ1n) is 14.9. The van der Waals surface area contributed by atoms with Crippen molar-refractivity contribution in [1.29, 1.82) is 0 Å². The molecule has 0 aliphatic heterocycles. The third-order valence-corrected chi connectivity index (χ3v) is 9.14. The SMILES string of the molecule is C=CCC1C=C(C=C2CC3=CC(C)=C(C(=C)CCC)C(c4ccc(CC)c(CC)c4)C3C2=C)c2ccccc21. The highest BCUT2D eigenvalue weighted by Crippen LogP contribution is 2.55. The highest BCUT2D eigenvalue weighted by Gasteiger charge is 2.41. The maximum absolute atomic E-state index is 4.79. The molecule has 0 bridgehead atoms. The molecule has 2 aromatic carbocycles. The van der Waals surface area contributed by atoms with Crippen LogP contribution in [0, 0.1) is 5.92 Å². The molecule has 1 saturated carbocycles. The van der Waals surface area contributed by atoms with Crippen LogP contribution in [0.2, 0.25) is 0 Å². The molecule has 200 valence electrons. The van der Waals surface area contributed by atoms with Crippen LogP contribution in [0.3, 0.4) is 0 Å². The van der Waals surface area contributed by atoms with Gasteiger partial charge in [-0.15, -0.1) is 6.58 Å². The molecule has 0 aromatic heterocycles. The number of hydrogen-bond acceptors (Lipinski definition) is 0. The zero-order chi connectivity index (χ0) is 27.7. The minimum Gasteiger partial charge on any atom is -0.103 e. The lowest BCUT2D eigenvalue weighted by atomic mass is 9.68. The van der Waals surface area contributed by atoms with Crippen molar-refractivity contribution in [1.82, 2.24) is 0 Å². The molecule has 0 heteroatoms. The zero-order valence-corrected chi connectivity index (χ0v) is 24.4. The Balaban J connectivity index is 1.59. The van der Waals surface area contributed by atoms with Crippen LogP contribution in [0.15, 0.2) is 120 Å². The van der Waals surface area contributed by atoms with Gasteiger partial charge in [0.15, 0.2) is 0 Å². The van der Waals surface area contributed by atoms with E-state index in [1.165, 1.54) is 66.8 Å². The average molecular weight is 513 g/mol. The van der Waals surface area contributed by atoms with Gasteiger partial charge in [0.1, 0.15) is 0 Å². The smallest absolute Gasteiger partial charge is 0.0201 e. The monoisotopic (exact) mass is 512 g/mol. The number of fused-ring (bicyclic) bond motifs is 2. The molecule has 0 saturated heterocycles. The summed E-state index contributed by atoms with van der Waals surface area (Å²) >= 11 is 0. The van der Waals surface area contributed by atoms with E-state index in [0.29, 0.717) is 11.8 Å². The van der Waals surface area contributed by atoms with Crippen molar-refractivity contribution >= 4 is 5.57 Å². The van der Waals surface area contributed by atoms with E-state index in [0.717, 1.165) is 38.5 Å². The fraction of sp³-hybridized carbons (Fsp3) is 0.333. The van der Waals surface area contributed by atoms with Crippen molar-refractivity contribution in [3.8, 4) is 0 Å². The summed E-state index contributed by atoms with van der Waals surface area (Å²) in [7, 11) is 0. The van der Waals surface area contributed by atoms with E-state index < -0.39 is 0 Å². The van der Waals surface area contributed by atoms with Gasteiger partial charge in [-0.05, 0) is 94.7 Å². The minimum atomic E-state index is 0.275. The molecule has 3 aliphatic rings. The fourth-order valence-electron chi connectivity index (χ4n) is 7.31. The van der Waals surface area contributed by atoms with Gasteiger partial charge in [0.25, 0.3) is 0 Å². The summed E-state index contributed by atoms with van der Waals surface area (Å²) in [6, 6.07) is 16.1. The predicted molar refractivity (Wildman–Crippen MR) is 170 cm³/mol. The molecule has 2 aromatic rings. The van der Waals surface area contributed by atoms with E-state index in [4.69, 9.17) is 6.58 Å². The van der Waals surface area contributed by atoms with Gasteiger partial charge < -0.3 is 0 Å². The lowest BCUT2D eigenvalue weighted by Gasteiger charge is -2.35. The number of aryl methyl sites for hydroxylation is 2. The highest BCUT2D eigenvalue weighted by atomic mass is 14.4. The Labute approximate surface area is 236 Å². The molecule has 0 N–H and O–H groups in total. The summed E-state index contributed by atoms with van der Waals surface area (Å²) in [5.41, 5.74) is 16.8. The zero-order valence-electron chi connectivity index (χ0n) is 24.4. The molecule has 3 unspecified atom stereocenters. The second kappa shape index (κ2) is 11.4. The van der Waals surface area contributed by atoms with Crippen LogP contribution in [-0.4, -0.2) is 0 Å². The number of allylic oxidation sites excluding steroid dienone is 11. The largest absolute Gasteiger partial charge is 0.103 e. The van der Waals surface area contributed by atoms with Crippen molar-refractivity contribution in [2.24, 2.45) is 5.92 Å². The van der Waals surface area contributed by atoms with Crippen LogP contribution >= 0.6 is 0 Å². The van der Waals surface area contributed by atoms with Crippen LogP contribution < -0.4 is 0 Å². The maximum atomic E-state index is 4.79.